The fourth-order valence-corrected chi connectivity index (χ4v) is 0.757. The van der Waals surface area contributed by atoms with Gasteiger partial charge in [-0.05, 0) is 6.92 Å². The van der Waals surface area contributed by atoms with Gasteiger partial charge < -0.3 is 16.2 Å². The predicted molar refractivity (Wildman–Crippen MR) is 46.2 cm³/mol. The van der Waals surface area contributed by atoms with Crippen LogP contribution in [0.4, 0.5) is 11.8 Å². The number of ether oxygens (including phenoxy) is 1. The molecular weight excluding hydrogens is 156 g/mol. The second kappa shape index (κ2) is 3.87. The van der Waals surface area contributed by atoms with Crippen LogP contribution in [0.3, 0.4) is 0 Å². The molecule has 0 bridgehead atoms. The lowest BCUT2D eigenvalue weighted by Gasteiger charge is -2.03. The molecule has 0 atom stereocenters. The molecule has 0 radical (unpaired) electrons. The van der Waals surface area contributed by atoms with Crippen LogP contribution in [-0.4, -0.2) is 16.6 Å². The predicted octanol–water partition coefficient (Wildman–Crippen LogP) is 0.177. The normalized spacial score (nSPS) is 10.1. The van der Waals surface area contributed by atoms with Crippen molar-refractivity contribution in [3.63, 3.8) is 0 Å². The van der Waals surface area contributed by atoms with E-state index in [2.05, 4.69) is 9.97 Å². The number of nitrogens with zero attached hydrogens (tertiary/aromatic N) is 2. The highest BCUT2D eigenvalue weighted by atomic mass is 16.5. The molecule has 0 amide bonds. The highest BCUT2D eigenvalue weighted by molar-refractivity contribution is 5.40. The standard InChI is InChI=1S/C7H12N4O/c1-2-12-4-5-3-10-7(9)11-6(5)8/h3H,2,4H2,1H3,(H4,8,9,10,11). The van der Waals surface area contributed by atoms with Crippen molar-refractivity contribution in [1.82, 2.24) is 9.97 Å². The third-order valence-corrected chi connectivity index (χ3v) is 1.38. The summed E-state index contributed by atoms with van der Waals surface area (Å²) in [6.45, 7) is 2.99. The smallest absolute Gasteiger partial charge is 0.221 e. The summed E-state index contributed by atoms with van der Waals surface area (Å²) in [6.07, 6.45) is 1.58. The van der Waals surface area contributed by atoms with Crippen LogP contribution in [0.5, 0.6) is 0 Å². The fraction of sp³-hybridized carbons (Fsp3) is 0.429. The maximum atomic E-state index is 5.55. The van der Waals surface area contributed by atoms with Crippen LogP contribution in [0.2, 0.25) is 0 Å². The molecule has 0 fully saturated rings. The summed E-state index contributed by atoms with van der Waals surface area (Å²) in [5.41, 5.74) is 11.6. The minimum Gasteiger partial charge on any atom is -0.383 e. The summed E-state index contributed by atoms with van der Waals surface area (Å²) in [7, 11) is 0. The number of rotatable bonds is 3. The van der Waals surface area contributed by atoms with Gasteiger partial charge in [0.15, 0.2) is 0 Å². The molecule has 0 aliphatic heterocycles. The van der Waals surface area contributed by atoms with E-state index >= 15 is 0 Å². The molecule has 0 spiro atoms. The average molecular weight is 168 g/mol. The first kappa shape index (κ1) is 8.73. The molecule has 0 aliphatic rings. The first-order chi connectivity index (χ1) is 5.74. The molecular formula is C7H12N4O. The summed E-state index contributed by atoms with van der Waals surface area (Å²) >= 11 is 0. The largest absolute Gasteiger partial charge is 0.383 e. The van der Waals surface area contributed by atoms with E-state index < -0.39 is 0 Å². The Morgan fingerprint density at radius 1 is 1.50 bits per heavy atom. The summed E-state index contributed by atoms with van der Waals surface area (Å²) in [5, 5.41) is 0. The van der Waals surface area contributed by atoms with Crippen molar-refractivity contribution < 1.29 is 4.74 Å². The highest BCUT2D eigenvalue weighted by Gasteiger charge is 2.00. The molecule has 1 heterocycles. The number of anilines is 2. The lowest BCUT2D eigenvalue weighted by atomic mass is 10.3. The fourth-order valence-electron chi connectivity index (χ4n) is 0.757. The summed E-state index contributed by atoms with van der Waals surface area (Å²) in [5.74, 6) is 0.573. The van der Waals surface area contributed by atoms with Crippen LogP contribution < -0.4 is 11.5 Å². The van der Waals surface area contributed by atoms with Gasteiger partial charge >= 0.3 is 0 Å². The Labute approximate surface area is 70.8 Å². The molecule has 5 nitrogen and oxygen atoms in total. The molecule has 12 heavy (non-hydrogen) atoms. The zero-order valence-electron chi connectivity index (χ0n) is 6.95. The van der Waals surface area contributed by atoms with Gasteiger partial charge in [-0.15, -0.1) is 0 Å². The molecule has 66 valence electrons. The van der Waals surface area contributed by atoms with Crippen LogP contribution in [0.25, 0.3) is 0 Å². The van der Waals surface area contributed by atoms with Gasteiger partial charge in [-0.1, -0.05) is 0 Å². The summed E-state index contributed by atoms with van der Waals surface area (Å²) in [4.78, 5) is 7.59. The van der Waals surface area contributed by atoms with E-state index in [0.29, 0.717) is 19.0 Å². The van der Waals surface area contributed by atoms with E-state index in [0.717, 1.165) is 5.56 Å². The van der Waals surface area contributed by atoms with Gasteiger partial charge in [0, 0.05) is 18.4 Å². The Hall–Kier alpha value is -1.36. The molecule has 1 aromatic rings. The Kier molecular flexibility index (Phi) is 2.82. The van der Waals surface area contributed by atoms with E-state index in [1.54, 1.807) is 6.20 Å². The Balaban J connectivity index is 2.72. The molecule has 0 saturated heterocycles. The Morgan fingerprint density at radius 3 is 2.83 bits per heavy atom. The van der Waals surface area contributed by atoms with E-state index in [1.807, 2.05) is 6.92 Å². The van der Waals surface area contributed by atoms with Crippen molar-refractivity contribution in [1.29, 1.82) is 0 Å². The van der Waals surface area contributed by atoms with Crippen molar-refractivity contribution >= 4 is 11.8 Å². The molecule has 0 unspecified atom stereocenters. The molecule has 0 aromatic carbocycles. The van der Waals surface area contributed by atoms with E-state index in [1.165, 1.54) is 0 Å². The minimum absolute atomic E-state index is 0.188. The maximum absolute atomic E-state index is 5.55. The third-order valence-electron chi connectivity index (χ3n) is 1.38. The Bertz CT molecular complexity index is 264. The van der Waals surface area contributed by atoms with Gasteiger partial charge in [0.25, 0.3) is 0 Å². The number of nitrogen functional groups attached to an aromatic ring is 2. The quantitative estimate of drug-likeness (QED) is 0.672. The first-order valence-electron chi connectivity index (χ1n) is 3.68. The number of hydrogen-bond donors (Lipinski definition) is 2. The molecule has 4 N–H and O–H groups in total. The van der Waals surface area contributed by atoms with E-state index in [-0.39, 0.29) is 5.95 Å². The van der Waals surface area contributed by atoms with Gasteiger partial charge in [-0.3, -0.25) is 0 Å². The third kappa shape index (κ3) is 2.06. The van der Waals surface area contributed by atoms with Crippen LogP contribution in [0.15, 0.2) is 6.20 Å². The van der Waals surface area contributed by atoms with E-state index in [4.69, 9.17) is 16.2 Å². The van der Waals surface area contributed by atoms with Crippen LogP contribution >= 0.6 is 0 Å². The van der Waals surface area contributed by atoms with Gasteiger partial charge in [0.1, 0.15) is 5.82 Å². The summed E-state index contributed by atoms with van der Waals surface area (Å²) in [6, 6.07) is 0. The molecule has 5 heteroatoms. The van der Waals surface area contributed by atoms with Crippen LogP contribution in [0.1, 0.15) is 12.5 Å². The lowest BCUT2D eigenvalue weighted by Crippen LogP contribution is -2.04. The van der Waals surface area contributed by atoms with Gasteiger partial charge in [0.2, 0.25) is 5.95 Å². The van der Waals surface area contributed by atoms with Gasteiger partial charge in [0.05, 0.1) is 6.61 Å². The number of aromatic nitrogens is 2. The number of nitrogens with two attached hydrogens (primary N) is 2. The highest BCUT2D eigenvalue weighted by Crippen LogP contribution is 2.08. The number of hydrogen-bond acceptors (Lipinski definition) is 5. The van der Waals surface area contributed by atoms with Crippen molar-refractivity contribution in [3.8, 4) is 0 Å². The van der Waals surface area contributed by atoms with Crippen molar-refractivity contribution in [2.45, 2.75) is 13.5 Å². The zero-order chi connectivity index (χ0) is 8.97. The van der Waals surface area contributed by atoms with Crippen LogP contribution in [-0.2, 0) is 11.3 Å². The average Bonchev–Trinajstić information content (AvgIpc) is 2.03. The SMILES string of the molecule is CCOCc1cnc(N)nc1N. The first-order valence-corrected chi connectivity index (χ1v) is 3.68. The Morgan fingerprint density at radius 2 is 2.25 bits per heavy atom. The molecule has 0 aliphatic carbocycles. The second-order valence-electron chi connectivity index (χ2n) is 2.28. The van der Waals surface area contributed by atoms with Crippen LogP contribution in [0, 0.1) is 0 Å². The zero-order valence-corrected chi connectivity index (χ0v) is 6.95. The topological polar surface area (TPSA) is 87.0 Å². The molecule has 1 aromatic heterocycles. The second-order valence-corrected chi connectivity index (χ2v) is 2.28. The van der Waals surface area contributed by atoms with Crippen molar-refractivity contribution in [3.05, 3.63) is 11.8 Å². The summed E-state index contributed by atoms with van der Waals surface area (Å²) < 4.78 is 5.14. The van der Waals surface area contributed by atoms with Gasteiger partial charge in [-0.2, -0.15) is 4.98 Å². The lowest BCUT2D eigenvalue weighted by molar-refractivity contribution is 0.134. The van der Waals surface area contributed by atoms with Crippen molar-refractivity contribution in [2.75, 3.05) is 18.1 Å². The minimum atomic E-state index is 0.188. The van der Waals surface area contributed by atoms with Crippen molar-refractivity contribution in [2.24, 2.45) is 0 Å². The maximum Gasteiger partial charge on any atom is 0.221 e. The monoisotopic (exact) mass is 168 g/mol. The van der Waals surface area contributed by atoms with E-state index in [9.17, 15) is 0 Å². The van der Waals surface area contributed by atoms with Gasteiger partial charge in [-0.25, -0.2) is 4.98 Å². The molecule has 0 saturated carbocycles. The molecule has 1 rings (SSSR count).